The molecule has 0 aliphatic heterocycles. The molecule has 2 rings (SSSR count). The lowest BCUT2D eigenvalue weighted by molar-refractivity contribution is 0.0729. The van der Waals surface area contributed by atoms with Gasteiger partial charge in [-0.3, -0.25) is 0 Å². The maximum atomic E-state index is 14.2. The van der Waals surface area contributed by atoms with E-state index in [1.165, 1.54) is 14.0 Å². The number of halogens is 2. The Kier molecular flexibility index (Phi) is 4.63. The molecule has 0 N–H and O–H groups in total. The number of carbonyl (C=O) groups excluding carboxylic acids is 1. The van der Waals surface area contributed by atoms with Gasteiger partial charge in [0, 0.05) is 11.1 Å². The maximum Gasteiger partial charge on any atom is 0.347 e. The second-order valence-electron chi connectivity index (χ2n) is 4.49. The number of ether oxygens (including phenoxy) is 2. The molecule has 110 valence electrons. The number of benzene rings is 2. The lowest BCUT2D eigenvalue weighted by Crippen LogP contribution is -2.14. The van der Waals surface area contributed by atoms with Gasteiger partial charge in [0.25, 0.3) is 0 Å². The first-order chi connectivity index (χ1) is 9.97. The van der Waals surface area contributed by atoms with Crippen molar-refractivity contribution in [3.63, 3.8) is 0 Å². The second kappa shape index (κ2) is 6.26. The van der Waals surface area contributed by atoms with E-state index in [9.17, 15) is 9.18 Å². The third-order valence-electron chi connectivity index (χ3n) is 3.15. The van der Waals surface area contributed by atoms with Gasteiger partial charge in [-0.05, 0) is 41.9 Å². The molecule has 0 fully saturated rings. The van der Waals surface area contributed by atoms with Crippen LogP contribution in [0.15, 0.2) is 34.8 Å². The molecule has 2 aromatic carbocycles. The summed E-state index contributed by atoms with van der Waals surface area (Å²) in [5.74, 6) is -0.453. The molecule has 0 saturated heterocycles. The minimum Gasteiger partial charge on any atom is -0.495 e. The van der Waals surface area contributed by atoms with Gasteiger partial charge in [0.05, 0.1) is 11.6 Å². The van der Waals surface area contributed by atoms with E-state index in [1.807, 2.05) is 6.07 Å². The van der Waals surface area contributed by atoms with Crippen molar-refractivity contribution in [1.82, 2.24) is 0 Å². The average Bonchev–Trinajstić information content (AvgIpc) is 2.49. The van der Waals surface area contributed by atoms with Crippen molar-refractivity contribution in [3.05, 3.63) is 57.3 Å². The molecule has 2 aromatic rings. The Morgan fingerprint density at radius 1 is 1.14 bits per heavy atom. The van der Waals surface area contributed by atoms with Crippen molar-refractivity contribution in [2.24, 2.45) is 0 Å². The van der Waals surface area contributed by atoms with E-state index in [4.69, 9.17) is 9.47 Å². The summed E-state index contributed by atoms with van der Waals surface area (Å²) in [4.78, 5) is 12.3. The van der Waals surface area contributed by atoms with Crippen molar-refractivity contribution < 1.29 is 18.7 Å². The molecule has 0 unspecified atom stereocenters. The van der Waals surface area contributed by atoms with Crippen LogP contribution in [-0.4, -0.2) is 13.1 Å². The van der Waals surface area contributed by atoms with Crippen LogP contribution in [0.4, 0.5) is 4.39 Å². The molecule has 0 aliphatic carbocycles. The fraction of sp³-hybridized carbons (Fsp3) is 0.188. The Bertz CT molecular complexity index is 684. The number of hydrogen-bond acceptors (Lipinski definition) is 3. The van der Waals surface area contributed by atoms with Crippen molar-refractivity contribution in [2.45, 2.75) is 13.8 Å². The summed E-state index contributed by atoms with van der Waals surface area (Å²) in [6, 6.07) is 8.61. The van der Waals surface area contributed by atoms with Gasteiger partial charge in [-0.15, -0.1) is 0 Å². The molecule has 5 heteroatoms. The summed E-state index contributed by atoms with van der Waals surface area (Å²) in [6.45, 7) is 3.14. The minimum atomic E-state index is -0.657. The van der Waals surface area contributed by atoms with Crippen LogP contribution in [0.2, 0.25) is 0 Å². The van der Waals surface area contributed by atoms with E-state index in [1.54, 1.807) is 31.2 Å². The maximum absolute atomic E-state index is 14.2. The molecular formula is C16H14BrFO3. The summed E-state index contributed by atoms with van der Waals surface area (Å²) in [6.07, 6.45) is 0. The van der Waals surface area contributed by atoms with E-state index in [2.05, 4.69) is 15.9 Å². The van der Waals surface area contributed by atoms with E-state index < -0.39 is 11.8 Å². The first-order valence-corrected chi connectivity index (χ1v) is 7.06. The molecule has 0 bridgehead atoms. The van der Waals surface area contributed by atoms with Gasteiger partial charge in [-0.25, -0.2) is 9.18 Å². The normalized spacial score (nSPS) is 10.3. The summed E-state index contributed by atoms with van der Waals surface area (Å²) < 4.78 is 25.1. The van der Waals surface area contributed by atoms with Crippen LogP contribution < -0.4 is 9.47 Å². The topological polar surface area (TPSA) is 35.5 Å². The highest BCUT2D eigenvalue weighted by atomic mass is 79.9. The summed E-state index contributed by atoms with van der Waals surface area (Å²) in [5.41, 5.74) is 0.672. The Hall–Kier alpha value is -1.88. The number of hydrogen-bond donors (Lipinski definition) is 0. The zero-order valence-corrected chi connectivity index (χ0v) is 13.5. The van der Waals surface area contributed by atoms with Gasteiger partial charge < -0.3 is 9.47 Å². The largest absolute Gasteiger partial charge is 0.495 e. The van der Waals surface area contributed by atoms with Crippen LogP contribution in [0.25, 0.3) is 0 Å². The first-order valence-electron chi connectivity index (χ1n) is 6.26. The lowest BCUT2D eigenvalue weighted by atomic mass is 10.0. The van der Waals surface area contributed by atoms with Crippen LogP contribution in [-0.2, 0) is 0 Å². The number of methoxy groups -OCH3 is 1. The lowest BCUT2D eigenvalue weighted by Gasteiger charge is -2.16. The summed E-state index contributed by atoms with van der Waals surface area (Å²) in [5, 5.41) is 0. The monoisotopic (exact) mass is 352 g/mol. The molecule has 0 saturated carbocycles. The molecule has 0 heterocycles. The highest BCUT2D eigenvalue weighted by molar-refractivity contribution is 9.10. The minimum absolute atomic E-state index is 0.0799. The van der Waals surface area contributed by atoms with Crippen LogP contribution in [0.5, 0.6) is 11.5 Å². The molecule has 0 amide bonds. The van der Waals surface area contributed by atoms with Gasteiger partial charge >= 0.3 is 5.97 Å². The van der Waals surface area contributed by atoms with Gasteiger partial charge in [0.15, 0.2) is 0 Å². The average molecular weight is 353 g/mol. The number of rotatable bonds is 3. The molecule has 0 aliphatic rings. The molecule has 21 heavy (non-hydrogen) atoms. The van der Waals surface area contributed by atoms with Crippen molar-refractivity contribution in [2.75, 3.05) is 7.11 Å². The van der Waals surface area contributed by atoms with Crippen molar-refractivity contribution in [3.8, 4) is 11.5 Å². The Morgan fingerprint density at radius 3 is 2.33 bits per heavy atom. The Morgan fingerprint density at radius 2 is 1.76 bits per heavy atom. The summed E-state index contributed by atoms with van der Waals surface area (Å²) in [7, 11) is 1.43. The highest BCUT2D eigenvalue weighted by Gasteiger charge is 2.25. The SMILES string of the molecule is COc1c(Br)c(C)c(F)c(C)c1C(=O)Oc1ccccc1. The van der Waals surface area contributed by atoms with Crippen LogP contribution in [0.3, 0.4) is 0 Å². The van der Waals surface area contributed by atoms with Crippen molar-refractivity contribution >= 4 is 21.9 Å². The molecule has 0 aromatic heterocycles. The van der Waals surface area contributed by atoms with E-state index in [0.717, 1.165) is 0 Å². The number of carbonyl (C=O) groups is 1. The molecule has 0 spiro atoms. The standard InChI is InChI=1S/C16H14BrFO3/c1-9-12(15(20-3)13(17)10(2)14(9)18)16(19)21-11-7-5-4-6-8-11/h4-8H,1-3H3. The highest BCUT2D eigenvalue weighted by Crippen LogP contribution is 2.37. The van der Waals surface area contributed by atoms with Crippen molar-refractivity contribution in [1.29, 1.82) is 0 Å². The van der Waals surface area contributed by atoms with E-state index in [-0.39, 0.29) is 16.9 Å². The zero-order valence-electron chi connectivity index (χ0n) is 11.9. The molecule has 0 radical (unpaired) electrons. The second-order valence-corrected chi connectivity index (χ2v) is 5.28. The smallest absolute Gasteiger partial charge is 0.347 e. The van der Waals surface area contributed by atoms with Crippen LogP contribution >= 0.6 is 15.9 Å². The zero-order chi connectivity index (χ0) is 15.6. The number of para-hydroxylation sites is 1. The Labute approximate surface area is 130 Å². The third-order valence-corrected chi connectivity index (χ3v) is 4.11. The number of esters is 1. The van der Waals surface area contributed by atoms with Gasteiger partial charge in [-0.1, -0.05) is 18.2 Å². The predicted molar refractivity (Wildman–Crippen MR) is 81.5 cm³/mol. The predicted octanol–water partition coefficient (Wildman–Crippen LogP) is 4.43. The quantitative estimate of drug-likeness (QED) is 0.605. The third kappa shape index (κ3) is 2.93. The van der Waals surface area contributed by atoms with Crippen LogP contribution in [0, 0.1) is 19.7 Å². The van der Waals surface area contributed by atoms with Gasteiger partial charge in [0.1, 0.15) is 22.9 Å². The van der Waals surface area contributed by atoms with E-state index >= 15 is 0 Å². The fourth-order valence-corrected chi connectivity index (χ4v) is 2.56. The summed E-state index contributed by atoms with van der Waals surface area (Å²) >= 11 is 3.26. The van der Waals surface area contributed by atoms with Crippen LogP contribution in [0.1, 0.15) is 21.5 Å². The Balaban J connectivity index is 2.50. The fourth-order valence-electron chi connectivity index (χ4n) is 2.02. The van der Waals surface area contributed by atoms with Gasteiger partial charge in [-0.2, -0.15) is 0 Å². The van der Waals surface area contributed by atoms with E-state index in [0.29, 0.717) is 15.8 Å². The molecule has 3 nitrogen and oxygen atoms in total. The molecular weight excluding hydrogens is 339 g/mol. The van der Waals surface area contributed by atoms with Gasteiger partial charge in [0.2, 0.25) is 0 Å². The molecule has 0 atom stereocenters. The first kappa shape index (κ1) is 15.5.